The predicted octanol–water partition coefficient (Wildman–Crippen LogP) is 1.16. The SMILES string of the molecule is CCC1=CNC(C(O)NC2NCC(C#N)CC2Br)CC1. The molecule has 0 aromatic carbocycles. The molecule has 0 aliphatic carbocycles. The number of halogens is 1. The third-order valence-electron chi connectivity index (χ3n) is 4.10. The Balaban J connectivity index is 1.82. The van der Waals surface area contributed by atoms with Crippen molar-refractivity contribution in [3.63, 3.8) is 0 Å². The minimum atomic E-state index is -0.596. The van der Waals surface area contributed by atoms with Crippen LogP contribution in [0, 0.1) is 17.2 Å². The van der Waals surface area contributed by atoms with Gasteiger partial charge in [0.05, 0.1) is 24.2 Å². The maximum atomic E-state index is 10.3. The van der Waals surface area contributed by atoms with E-state index in [0.717, 1.165) is 25.7 Å². The molecule has 2 rings (SSSR count). The van der Waals surface area contributed by atoms with Crippen LogP contribution in [0.2, 0.25) is 0 Å². The zero-order chi connectivity index (χ0) is 14.5. The Labute approximate surface area is 128 Å². The molecule has 0 radical (unpaired) electrons. The van der Waals surface area contributed by atoms with Crippen molar-refractivity contribution in [3.05, 3.63) is 11.8 Å². The van der Waals surface area contributed by atoms with Crippen LogP contribution >= 0.6 is 15.9 Å². The van der Waals surface area contributed by atoms with E-state index in [-0.39, 0.29) is 23.0 Å². The second-order valence-corrected chi connectivity index (χ2v) is 6.72. The van der Waals surface area contributed by atoms with Gasteiger partial charge in [0, 0.05) is 11.4 Å². The van der Waals surface area contributed by atoms with Gasteiger partial charge in [-0.25, -0.2) is 0 Å². The Hall–Kier alpha value is -0.610. The smallest absolute Gasteiger partial charge is 0.126 e. The fourth-order valence-electron chi connectivity index (χ4n) is 2.70. The van der Waals surface area contributed by atoms with E-state index in [9.17, 15) is 5.11 Å². The first-order chi connectivity index (χ1) is 9.63. The van der Waals surface area contributed by atoms with Crippen LogP contribution in [-0.2, 0) is 0 Å². The van der Waals surface area contributed by atoms with Gasteiger partial charge < -0.3 is 10.4 Å². The van der Waals surface area contributed by atoms with Crippen LogP contribution in [0.5, 0.6) is 0 Å². The highest BCUT2D eigenvalue weighted by Gasteiger charge is 2.31. The zero-order valence-electron chi connectivity index (χ0n) is 11.8. The predicted molar refractivity (Wildman–Crippen MR) is 81.9 cm³/mol. The lowest BCUT2D eigenvalue weighted by molar-refractivity contribution is 0.0699. The van der Waals surface area contributed by atoms with Crippen LogP contribution in [0.25, 0.3) is 0 Å². The standard InChI is InChI=1S/C14H23BrN4O/c1-2-9-3-4-12(17-7-9)14(20)19-13-11(15)5-10(6-16)8-18-13/h7,10-14,17-20H,2-5,8H2,1H3. The van der Waals surface area contributed by atoms with Gasteiger partial charge in [0.15, 0.2) is 0 Å². The average molecular weight is 343 g/mol. The number of piperidine rings is 1. The molecule has 0 spiro atoms. The highest BCUT2D eigenvalue weighted by molar-refractivity contribution is 9.09. The van der Waals surface area contributed by atoms with Gasteiger partial charge in [0.1, 0.15) is 6.23 Å². The van der Waals surface area contributed by atoms with E-state index in [0.29, 0.717) is 6.54 Å². The van der Waals surface area contributed by atoms with Crippen LogP contribution < -0.4 is 16.0 Å². The molecule has 1 fully saturated rings. The number of aliphatic hydroxyl groups excluding tert-OH is 1. The number of rotatable bonds is 4. The summed E-state index contributed by atoms with van der Waals surface area (Å²) in [7, 11) is 0. The van der Waals surface area contributed by atoms with Gasteiger partial charge in [0.2, 0.25) is 0 Å². The molecule has 5 atom stereocenters. The van der Waals surface area contributed by atoms with Crippen molar-refractivity contribution in [2.75, 3.05) is 6.54 Å². The Morgan fingerprint density at radius 1 is 1.65 bits per heavy atom. The molecule has 112 valence electrons. The molecule has 5 nitrogen and oxygen atoms in total. The lowest BCUT2D eigenvalue weighted by Gasteiger charge is -2.36. The fraction of sp³-hybridized carbons (Fsp3) is 0.786. The molecule has 0 saturated carbocycles. The monoisotopic (exact) mass is 342 g/mol. The fourth-order valence-corrected chi connectivity index (χ4v) is 3.49. The third-order valence-corrected chi connectivity index (χ3v) is 5.00. The van der Waals surface area contributed by atoms with E-state index in [4.69, 9.17) is 5.26 Å². The Morgan fingerprint density at radius 2 is 2.45 bits per heavy atom. The van der Waals surface area contributed by atoms with E-state index in [1.165, 1.54) is 5.57 Å². The number of alkyl halides is 1. The second kappa shape index (κ2) is 7.41. The van der Waals surface area contributed by atoms with E-state index in [2.05, 4.69) is 44.9 Å². The number of aliphatic hydroxyl groups is 1. The summed E-state index contributed by atoms with van der Waals surface area (Å²) in [5, 5.41) is 29.0. The summed E-state index contributed by atoms with van der Waals surface area (Å²) in [5.74, 6) is 0.0393. The molecule has 1 saturated heterocycles. The van der Waals surface area contributed by atoms with Crippen molar-refractivity contribution in [2.45, 2.75) is 55.9 Å². The van der Waals surface area contributed by atoms with E-state index < -0.39 is 6.23 Å². The van der Waals surface area contributed by atoms with Gasteiger partial charge in [0.25, 0.3) is 0 Å². The molecule has 2 aliphatic heterocycles. The maximum Gasteiger partial charge on any atom is 0.126 e. The molecular weight excluding hydrogens is 320 g/mol. The van der Waals surface area contributed by atoms with Gasteiger partial charge in [-0.05, 0) is 31.9 Å². The van der Waals surface area contributed by atoms with Crippen molar-refractivity contribution >= 4 is 15.9 Å². The van der Waals surface area contributed by atoms with Crippen LogP contribution in [0.4, 0.5) is 0 Å². The third kappa shape index (κ3) is 3.95. The van der Waals surface area contributed by atoms with E-state index >= 15 is 0 Å². The summed E-state index contributed by atoms with van der Waals surface area (Å²) in [6.07, 6.45) is 5.27. The number of nitrogens with one attached hydrogen (secondary N) is 3. The topological polar surface area (TPSA) is 80.1 Å². The van der Waals surface area contributed by atoms with Crippen molar-refractivity contribution in [3.8, 4) is 6.07 Å². The van der Waals surface area contributed by atoms with E-state index in [1.54, 1.807) is 0 Å². The zero-order valence-corrected chi connectivity index (χ0v) is 13.4. The molecule has 2 heterocycles. The van der Waals surface area contributed by atoms with Crippen molar-refractivity contribution in [1.29, 1.82) is 5.26 Å². The van der Waals surface area contributed by atoms with Gasteiger partial charge >= 0.3 is 0 Å². The molecule has 6 heteroatoms. The Kier molecular flexibility index (Phi) is 5.85. The summed E-state index contributed by atoms with van der Waals surface area (Å²) < 4.78 is 0. The quantitative estimate of drug-likeness (QED) is 0.455. The number of hydrogen-bond acceptors (Lipinski definition) is 5. The molecule has 0 aromatic rings. The van der Waals surface area contributed by atoms with Crippen LogP contribution in [0.15, 0.2) is 11.8 Å². The molecule has 4 N–H and O–H groups in total. The number of hydrogen-bond donors (Lipinski definition) is 4. The van der Waals surface area contributed by atoms with Gasteiger partial charge in [-0.1, -0.05) is 28.4 Å². The molecule has 5 unspecified atom stereocenters. The number of allylic oxidation sites excluding steroid dienone is 1. The van der Waals surface area contributed by atoms with Crippen molar-refractivity contribution in [2.24, 2.45) is 5.92 Å². The molecule has 0 aromatic heterocycles. The first kappa shape index (κ1) is 15.8. The van der Waals surface area contributed by atoms with Crippen LogP contribution in [-0.4, -0.2) is 34.9 Å². The maximum absolute atomic E-state index is 10.3. The molecule has 0 bridgehead atoms. The lowest BCUT2D eigenvalue weighted by Crippen LogP contribution is -2.60. The van der Waals surface area contributed by atoms with Crippen LogP contribution in [0.3, 0.4) is 0 Å². The van der Waals surface area contributed by atoms with Gasteiger partial charge in [-0.2, -0.15) is 5.26 Å². The van der Waals surface area contributed by atoms with Gasteiger partial charge in [-0.3, -0.25) is 10.6 Å². The minimum Gasteiger partial charge on any atom is -0.384 e. The summed E-state index contributed by atoms with van der Waals surface area (Å²) >= 11 is 3.59. The van der Waals surface area contributed by atoms with Gasteiger partial charge in [-0.15, -0.1) is 0 Å². The largest absolute Gasteiger partial charge is 0.384 e. The average Bonchev–Trinajstić information content (AvgIpc) is 2.49. The first-order valence-corrected chi connectivity index (χ1v) is 8.20. The minimum absolute atomic E-state index is 0.00653. The molecule has 0 amide bonds. The highest BCUT2D eigenvalue weighted by Crippen LogP contribution is 2.21. The molecule has 20 heavy (non-hydrogen) atoms. The van der Waals surface area contributed by atoms with Crippen molar-refractivity contribution in [1.82, 2.24) is 16.0 Å². The Morgan fingerprint density at radius 3 is 3.00 bits per heavy atom. The summed E-state index contributed by atoms with van der Waals surface area (Å²) in [4.78, 5) is 0.154. The normalized spacial score (nSPS) is 35.6. The first-order valence-electron chi connectivity index (χ1n) is 7.29. The van der Waals surface area contributed by atoms with Crippen LogP contribution in [0.1, 0.15) is 32.6 Å². The highest BCUT2D eigenvalue weighted by atomic mass is 79.9. The second-order valence-electron chi connectivity index (χ2n) is 5.54. The summed E-state index contributed by atoms with van der Waals surface area (Å²) in [6, 6.07) is 2.32. The molecular formula is C14H23BrN4O. The number of nitrogens with zero attached hydrogens (tertiary/aromatic N) is 1. The summed E-state index contributed by atoms with van der Waals surface area (Å²) in [6.45, 7) is 2.82. The Bertz CT molecular complexity index is 395. The van der Waals surface area contributed by atoms with Crippen molar-refractivity contribution < 1.29 is 5.11 Å². The lowest BCUT2D eigenvalue weighted by atomic mass is 9.97. The molecule has 2 aliphatic rings. The number of nitriles is 1. The summed E-state index contributed by atoms with van der Waals surface area (Å²) in [5.41, 5.74) is 1.40. The van der Waals surface area contributed by atoms with E-state index in [1.807, 2.05) is 6.20 Å².